The molecule has 3 heterocycles. The van der Waals surface area contributed by atoms with Crippen molar-refractivity contribution < 1.29 is 0 Å². The number of para-hydroxylation sites is 1. The summed E-state index contributed by atoms with van der Waals surface area (Å²) >= 11 is 1.88. The predicted molar refractivity (Wildman–Crippen MR) is 236 cm³/mol. The van der Waals surface area contributed by atoms with E-state index in [4.69, 9.17) is 0 Å². The fourth-order valence-electron chi connectivity index (χ4n) is 9.08. The molecule has 2 nitrogen and oxygen atoms in total. The largest absolute Gasteiger partial charge is 0.309 e. The molecule has 0 saturated carbocycles. The van der Waals surface area contributed by atoms with Crippen LogP contribution in [-0.4, -0.2) is 9.13 Å². The quantitative estimate of drug-likeness (QED) is 0.172. The summed E-state index contributed by atoms with van der Waals surface area (Å²) in [6, 6.07) is 71.4. The number of hydrogen-bond donors (Lipinski definition) is 0. The Balaban J connectivity index is 1.14. The molecule has 0 fully saturated rings. The van der Waals surface area contributed by atoms with E-state index in [2.05, 4.69) is 203 Å². The van der Waals surface area contributed by atoms with Gasteiger partial charge in [-0.1, -0.05) is 140 Å². The van der Waals surface area contributed by atoms with Crippen LogP contribution >= 0.6 is 11.3 Å². The molecule has 0 atom stereocenters. The van der Waals surface area contributed by atoms with Crippen molar-refractivity contribution in [3.8, 4) is 33.6 Å². The predicted octanol–water partition coefficient (Wildman–Crippen LogP) is 14.7. The second-order valence-corrected chi connectivity index (χ2v) is 15.5. The van der Waals surface area contributed by atoms with Crippen LogP contribution in [0.2, 0.25) is 0 Å². The van der Waals surface area contributed by atoms with Crippen LogP contribution in [0.5, 0.6) is 0 Å². The molecule has 0 bridgehead atoms. The molecule has 3 heteroatoms. The van der Waals surface area contributed by atoms with Crippen LogP contribution in [0.4, 0.5) is 0 Å². The van der Waals surface area contributed by atoms with Crippen molar-refractivity contribution in [3.05, 3.63) is 194 Å². The van der Waals surface area contributed by atoms with E-state index in [1.54, 1.807) is 0 Å². The summed E-state index contributed by atoms with van der Waals surface area (Å²) in [6.07, 6.45) is 0. The summed E-state index contributed by atoms with van der Waals surface area (Å²) in [5.74, 6) is 0. The Bertz CT molecular complexity index is 3470. The summed E-state index contributed by atoms with van der Waals surface area (Å²) in [7, 11) is 0. The van der Waals surface area contributed by atoms with Gasteiger partial charge in [0.05, 0.1) is 32.5 Å². The molecule has 0 unspecified atom stereocenters. The van der Waals surface area contributed by atoms with Gasteiger partial charge in [0.25, 0.3) is 0 Å². The second-order valence-electron chi connectivity index (χ2n) is 14.5. The van der Waals surface area contributed by atoms with Gasteiger partial charge in [-0.3, -0.25) is 0 Å². The zero-order chi connectivity index (χ0) is 36.0. The number of nitrogens with zero attached hydrogens (tertiary/aromatic N) is 2. The lowest BCUT2D eigenvalue weighted by molar-refractivity contribution is 1.19. The Morgan fingerprint density at radius 2 is 1.04 bits per heavy atom. The Labute approximate surface area is 321 Å². The van der Waals surface area contributed by atoms with Crippen LogP contribution in [0.15, 0.2) is 194 Å². The van der Waals surface area contributed by atoms with Crippen LogP contribution in [0.1, 0.15) is 0 Å². The molecule has 12 aromatic rings. The van der Waals surface area contributed by atoms with Gasteiger partial charge < -0.3 is 9.13 Å². The number of fused-ring (bicyclic) bond motifs is 11. The molecule has 0 aliphatic carbocycles. The lowest BCUT2D eigenvalue weighted by atomic mass is 9.97. The maximum Gasteiger partial charge on any atom is 0.0640 e. The molecule has 0 aliphatic heterocycles. The third-order valence-electron chi connectivity index (χ3n) is 11.5. The molecule has 0 N–H and O–H groups in total. The van der Waals surface area contributed by atoms with E-state index in [0.29, 0.717) is 0 Å². The lowest BCUT2D eigenvalue weighted by Gasteiger charge is -2.10. The third kappa shape index (κ3) is 4.48. The molecule has 0 aliphatic rings. The highest BCUT2D eigenvalue weighted by molar-refractivity contribution is 7.26. The monoisotopic (exact) mass is 716 g/mol. The molecule has 0 saturated heterocycles. The van der Waals surface area contributed by atoms with Crippen molar-refractivity contribution in [3.63, 3.8) is 0 Å². The van der Waals surface area contributed by atoms with Gasteiger partial charge in [0.1, 0.15) is 0 Å². The molecule has 9 aromatic carbocycles. The Kier molecular flexibility index (Phi) is 6.54. The maximum atomic E-state index is 2.50. The van der Waals surface area contributed by atoms with E-state index in [-0.39, 0.29) is 0 Å². The molecule has 0 spiro atoms. The minimum Gasteiger partial charge on any atom is -0.309 e. The Morgan fingerprint density at radius 1 is 0.364 bits per heavy atom. The van der Waals surface area contributed by atoms with Gasteiger partial charge in [0.15, 0.2) is 0 Å². The molecule has 0 amide bonds. The molecular weight excluding hydrogens is 685 g/mol. The third-order valence-corrected chi connectivity index (χ3v) is 12.7. The van der Waals surface area contributed by atoms with Crippen LogP contribution in [0.3, 0.4) is 0 Å². The van der Waals surface area contributed by atoms with Gasteiger partial charge in [0.2, 0.25) is 0 Å². The van der Waals surface area contributed by atoms with Crippen molar-refractivity contribution >= 4 is 85.9 Å². The van der Waals surface area contributed by atoms with Gasteiger partial charge in [-0.2, -0.15) is 0 Å². The molecule has 55 heavy (non-hydrogen) atoms. The highest BCUT2D eigenvalue weighted by Crippen LogP contribution is 2.45. The van der Waals surface area contributed by atoms with E-state index in [1.165, 1.54) is 108 Å². The topological polar surface area (TPSA) is 9.86 Å². The van der Waals surface area contributed by atoms with E-state index in [9.17, 15) is 0 Å². The smallest absolute Gasteiger partial charge is 0.0640 e. The molecule has 256 valence electrons. The number of benzene rings is 9. The van der Waals surface area contributed by atoms with Crippen LogP contribution in [0, 0.1) is 0 Å². The number of hydrogen-bond acceptors (Lipinski definition) is 1. The average Bonchev–Trinajstić information content (AvgIpc) is 3.92. The summed E-state index contributed by atoms with van der Waals surface area (Å²) in [5.41, 5.74) is 12.2. The molecular formula is C52H32N2S. The normalized spacial score (nSPS) is 12.0. The van der Waals surface area contributed by atoms with Gasteiger partial charge in [-0.05, 0) is 82.2 Å². The first kappa shape index (κ1) is 30.5. The van der Waals surface area contributed by atoms with Gasteiger partial charge in [-0.15, -0.1) is 11.3 Å². The van der Waals surface area contributed by atoms with Crippen LogP contribution < -0.4 is 0 Å². The van der Waals surface area contributed by atoms with Crippen molar-refractivity contribution in [2.24, 2.45) is 0 Å². The SMILES string of the molecule is c1ccc(-c2cccc3c2c2cc(-c4ccc5c(c4)c4ccc6ccccc6c4n5-c4ccccc4)ccc2n3-c2cccc3c2sc2ccccc23)cc1. The van der Waals surface area contributed by atoms with E-state index in [1.807, 2.05) is 11.3 Å². The molecule has 0 radical (unpaired) electrons. The molecule has 3 aromatic heterocycles. The molecule has 12 rings (SSSR count). The van der Waals surface area contributed by atoms with Crippen molar-refractivity contribution in [1.82, 2.24) is 9.13 Å². The van der Waals surface area contributed by atoms with Crippen molar-refractivity contribution in [2.75, 3.05) is 0 Å². The Hall–Kier alpha value is -6.94. The summed E-state index contributed by atoms with van der Waals surface area (Å²) < 4.78 is 7.56. The van der Waals surface area contributed by atoms with Crippen molar-refractivity contribution in [2.45, 2.75) is 0 Å². The maximum absolute atomic E-state index is 2.50. The fraction of sp³-hybridized carbons (Fsp3) is 0. The summed E-state index contributed by atoms with van der Waals surface area (Å²) in [4.78, 5) is 0. The Morgan fingerprint density at radius 3 is 1.87 bits per heavy atom. The minimum absolute atomic E-state index is 1.17. The van der Waals surface area contributed by atoms with Crippen LogP contribution in [-0.2, 0) is 0 Å². The van der Waals surface area contributed by atoms with E-state index in [0.717, 1.165) is 0 Å². The minimum atomic E-state index is 1.17. The number of aromatic nitrogens is 2. The van der Waals surface area contributed by atoms with Crippen molar-refractivity contribution in [1.29, 1.82) is 0 Å². The first-order valence-electron chi connectivity index (χ1n) is 18.9. The zero-order valence-electron chi connectivity index (χ0n) is 29.8. The average molecular weight is 717 g/mol. The van der Waals surface area contributed by atoms with Gasteiger partial charge in [0, 0.05) is 48.1 Å². The highest BCUT2D eigenvalue weighted by atomic mass is 32.1. The summed E-state index contributed by atoms with van der Waals surface area (Å²) in [5, 5.41) is 10.2. The summed E-state index contributed by atoms with van der Waals surface area (Å²) in [6.45, 7) is 0. The van der Waals surface area contributed by atoms with Crippen LogP contribution in [0.25, 0.3) is 108 Å². The first-order valence-corrected chi connectivity index (χ1v) is 19.7. The zero-order valence-corrected chi connectivity index (χ0v) is 30.6. The lowest BCUT2D eigenvalue weighted by Crippen LogP contribution is -1.94. The first-order chi connectivity index (χ1) is 27.3. The number of thiophene rings is 1. The fourth-order valence-corrected chi connectivity index (χ4v) is 10.3. The number of rotatable bonds is 4. The van der Waals surface area contributed by atoms with E-state index >= 15 is 0 Å². The standard InChI is InChI=1S/C52H32N2S/c1-3-13-33(14-4-1)38-20-11-22-47-50(38)44-32-36(27-30-46(44)54(47)48-23-12-21-42-40-19-9-10-24-49(40)55-52(42)48)35-26-29-45-43(31-35)41-28-25-34-15-7-8-18-39(34)51(41)53(45)37-16-5-2-6-17-37/h1-32H. The second kappa shape index (κ2) is 11.8. The van der Waals surface area contributed by atoms with Gasteiger partial charge in [-0.25, -0.2) is 0 Å². The highest BCUT2D eigenvalue weighted by Gasteiger charge is 2.21. The van der Waals surface area contributed by atoms with E-state index < -0.39 is 0 Å². The van der Waals surface area contributed by atoms with Gasteiger partial charge >= 0.3 is 0 Å².